The highest BCUT2D eigenvalue weighted by Gasteiger charge is 2.27. The van der Waals surface area contributed by atoms with E-state index in [2.05, 4.69) is 4.72 Å². The van der Waals surface area contributed by atoms with Crippen LogP contribution in [0.15, 0.2) is 16.3 Å². The molecule has 1 heterocycles. The molecule has 2 rings (SSSR count). The zero-order chi connectivity index (χ0) is 13.2. The molecule has 2 unspecified atom stereocenters. The first kappa shape index (κ1) is 13.5. The zero-order valence-electron chi connectivity index (χ0n) is 9.67. The van der Waals surface area contributed by atoms with Gasteiger partial charge < -0.3 is 5.11 Å². The van der Waals surface area contributed by atoms with Crippen molar-refractivity contribution in [3.63, 3.8) is 0 Å². The summed E-state index contributed by atoms with van der Waals surface area (Å²) < 4.78 is 26.5. The van der Waals surface area contributed by atoms with Crippen molar-refractivity contribution in [2.24, 2.45) is 5.92 Å². The highest BCUT2D eigenvalue weighted by atomic mass is 32.2. The lowest BCUT2D eigenvalue weighted by Crippen LogP contribution is -2.32. The molecular formula is C11H14N2O3S2. The number of hydrogen-bond acceptors (Lipinski definition) is 5. The van der Waals surface area contributed by atoms with Crippen LogP contribution < -0.4 is 4.72 Å². The normalized spacial score (nSPS) is 24.0. The Morgan fingerprint density at radius 2 is 2.28 bits per heavy atom. The Kier molecular flexibility index (Phi) is 4.02. The second kappa shape index (κ2) is 5.36. The molecule has 1 aliphatic carbocycles. The SMILES string of the molecule is N#Cc1ccc(S(=O)(=O)NCC2CCCC2O)s1. The molecule has 1 saturated carbocycles. The van der Waals surface area contributed by atoms with Crippen LogP contribution in [-0.4, -0.2) is 26.2 Å². The quantitative estimate of drug-likeness (QED) is 0.866. The van der Waals surface area contributed by atoms with Gasteiger partial charge in [-0.15, -0.1) is 11.3 Å². The van der Waals surface area contributed by atoms with E-state index < -0.39 is 16.1 Å². The van der Waals surface area contributed by atoms with Crippen LogP contribution in [0.1, 0.15) is 24.1 Å². The molecule has 2 N–H and O–H groups in total. The summed E-state index contributed by atoms with van der Waals surface area (Å²) >= 11 is 0.949. The topological polar surface area (TPSA) is 90.2 Å². The van der Waals surface area contributed by atoms with Gasteiger partial charge in [0.05, 0.1) is 6.10 Å². The standard InChI is InChI=1S/C11H14N2O3S2/c12-6-9-4-5-11(17-9)18(15,16)13-7-8-2-1-3-10(8)14/h4-5,8,10,13-14H,1-3,7H2. The van der Waals surface area contributed by atoms with Crippen molar-refractivity contribution >= 4 is 21.4 Å². The second-order valence-corrected chi connectivity index (χ2v) is 7.42. The van der Waals surface area contributed by atoms with Gasteiger partial charge in [0.2, 0.25) is 10.0 Å². The molecule has 7 heteroatoms. The van der Waals surface area contributed by atoms with E-state index in [-0.39, 0.29) is 16.7 Å². The van der Waals surface area contributed by atoms with Crippen molar-refractivity contribution in [3.8, 4) is 6.07 Å². The monoisotopic (exact) mass is 286 g/mol. The van der Waals surface area contributed by atoms with Crippen molar-refractivity contribution in [1.82, 2.24) is 4.72 Å². The van der Waals surface area contributed by atoms with E-state index in [1.807, 2.05) is 6.07 Å². The van der Waals surface area contributed by atoms with Gasteiger partial charge in [-0.3, -0.25) is 0 Å². The number of rotatable bonds is 4. The minimum atomic E-state index is -3.55. The van der Waals surface area contributed by atoms with Gasteiger partial charge in [-0.2, -0.15) is 5.26 Å². The lowest BCUT2D eigenvalue weighted by atomic mass is 10.1. The summed E-state index contributed by atoms with van der Waals surface area (Å²) in [6, 6.07) is 4.83. The van der Waals surface area contributed by atoms with E-state index in [0.717, 1.165) is 30.6 Å². The van der Waals surface area contributed by atoms with Crippen molar-refractivity contribution in [2.45, 2.75) is 29.6 Å². The molecule has 0 amide bonds. The maximum Gasteiger partial charge on any atom is 0.250 e. The zero-order valence-corrected chi connectivity index (χ0v) is 11.3. The van der Waals surface area contributed by atoms with Crippen molar-refractivity contribution in [2.75, 3.05) is 6.54 Å². The Morgan fingerprint density at radius 3 is 2.83 bits per heavy atom. The minimum Gasteiger partial charge on any atom is -0.393 e. The molecule has 98 valence electrons. The second-order valence-electron chi connectivity index (χ2n) is 4.34. The number of nitrogens with zero attached hydrogens (tertiary/aromatic N) is 1. The summed E-state index contributed by atoms with van der Waals surface area (Å²) in [6.45, 7) is 0.253. The van der Waals surface area contributed by atoms with Crippen LogP contribution in [0, 0.1) is 17.2 Å². The molecule has 5 nitrogen and oxygen atoms in total. The number of aliphatic hydroxyl groups excluding tert-OH is 1. The Morgan fingerprint density at radius 1 is 1.50 bits per heavy atom. The maximum absolute atomic E-state index is 11.9. The summed E-state index contributed by atoms with van der Waals surface area (Å²) in [4.78, 5) is 0.372. The van der Waals surface area contributed by atoms with E-state index >= 15 is 0 Å². The number of nitrogens with one attached hydrogen (secondary N) is 1. The van der Waals surface area contributed by atoms with Crippen molar-refractivity contribution in [3.05, 3.63) is 17.0 Å². The Hall–Kier alpha value is -0.940. The van der Waals surface area contributed by atoms with Gasteiger partial charge in [-0.25, -0.2) is 13.1 Å². The average molecular weight is 286 g/mol. The van der Waals surface area contributed by atoms with Gasteiger partial charge in [0.1, 0.15) is 15.2 Å². The van der Waals surface area contributed by atoms with E-state index in [9.17, 15) is 13.5 Å². The highest BCUT2D eigenvalue weighted by molar-refractivity contribution is 7.91. The fraction of sp³-hybridized carbons (Fsp3) is 0.545. The third kappa shape index (κ3) is 2.90. The molecule has 0 spiro atoms. The van der Waals surface area contributed by atoms with Gasteiger partial charge in [0.15, 0.2) is 0 Å². The summed E-state index contributed by atoms with van der Waals surface area (Å²) in [5.41, 5.74) is 0. The fourth-order valence-electron chi connectivity index (χ4n) is 2.07. The average Bonchev–Trinajstić information content (AvgIpc) is 2.95. The Balaban J connectivity index is 2.01. The molecule has 2 atom stereocenters. The molecule has 0 aromatic carbocycles. The van der Waals surface area contributed by atoms with E-state index in [1.165, 1.54) is 12.1 Å². The van der Waals surface area contributed by atoms with Crippen LogP contribution in [0.5, 0.6) is 0 Å². The molecule has 0 radical (unpaired) electrons. The maximum atomic E-state index is 11.9. The van der Waals surface area contributed by atoms with Crippen LogP contribution in [0.2, 0.25) is 0 Å². The highest BCUT2D eigenvalue weighted by Crippen LogP contribution is 2.26. The number of aliphatic hydroxyl groups is 1. The Labute approximate surface area is 110 Å². The first-order chi connectivity index (χ1) is 8.53. The number of hydrogen-bond donors (Lipinski definition) is 2. The van der Waals surface area contributed by atoms with Crippen molar-refractivity contribution in [1.29, 1.82) is 5.26 Å². The van der Waals surface area contributed by atoms with Gasteiger partial charge in [0.25, 0.3) is 0 Å². The summed E-state index contributed by atoms with van der Waals surface area (Å²) in [5, 5.41) is 18.3. The van der Waals surface area contributed by atoms with Crippen LogP contribution >= 0.6 is 11.3 Å². The predicted octanol–water partition coefficient (Wildman–Crippen LogP) is 1.06. The lowest BCUT2D eigenvalue weighted by molar-refractivity contribution is 0.134. The van der Waals surface area contributed by atoms with Crippen LogP contribution in [-0.2, 0) is 10.0 Å². The third-order valence-electron chi connectivity index (χ3n) is 3.11. The summed E-state index contributed by atoms with van der Waals surface area (Å²) in [7, 11) is -3.55. The smallest absolute Gasteiger partial charge is 0.250 e. The Bertz CT molecular complexity index is 559. The minimum absolute atomic E-state index is 0.00447. The summed E-state index contributed by atoms with van der Waals surface area (Å²) in [6.07, 6.45) is 2.11. The van der Waals surface area contributed by atoms with E-state index in [4.69, 9.17) is 5.26 Å². The van der Waals surface area contributed by atoms with Crippen molar-refractivity contribution < 1.29 is 13.5 Å². The molecule has 1 fully saturated rings. The van der Waals surface area contributed by atoms with Crippen LogP contribution in [0.4, 0.5) is 0 Å². The summed E-state index contributed by atoms with van der Waals surface area (Å²) in [5.74, 6) is -0.00447. The van der Waals surface area contributed by atoms with E-state index in [0.29, 0.717) is 4.88 Å². The largest absolute Gasteiger partial charge is 0.393 e. The van der Waals surface area contributed by atoms with Gasteiger partial charge in [-0.1, -0.05) is 6.42 Å². The molecule has 1 aliphatic rings. The van der Waals surface area contributed by atoms with Gasteiger partial charge in [-0.05, 0) is 30.9 Å². The van der Waals surface area contributed by atoms with E-state index in [1.54, 1.807) is 0 Å². The molecular weight excluding hydrogens is 272 g/mol. The van der Waals surface area contributed by atoms with Crippen LogP contribution in [0.25, 0.3) is 0 Å². The molecule has 18 heavy (non-hydrogen) atoms. The fourth-order valence-corrected chi connectivity index (χ4v) is 4.31. The first-order valence-corrected chi connectivity index (χ1v) is 8.00. The number of thiophene rings is 1. The molecule has 0 saturated heterocycles. The van der Waals surface area contributed by atoms with Crippen LogP contribution in [0.3, 0.4) is 0 Å². The third-order valence-corrected chi connectivity index (χ3v) is 6.02. The molecule has 1 aromatic heterocycles. The molecule has 1 aromatic rings. The number of nitriles is 1. The van der Waals surface area contributed by atoms with Gasteiger partial charge >= 0.3 is 0 Å². The first-order valence-electron chi connectivity index (χ1n) is 5.70. The number of sulfonamides is 1. The molecule has 0 aliphatic heterocycles. The molecule has 0 bridgehead atoms. The van der Waals surface area contributed by atoms with Gasteiger partial charge in [0, 0.05) is 6.54 Å². The predicted molar refractivity (Wildman–Crippen MR) is 67.6 cm³/mol. The lowest BCUT2D eigenvalue weighted by Gasteiger charge is -2.14.